The third-order valence-corrected chi connectivity index (χ3v) is 2.76. The number of pyridine rings is 1. The van der Waals surface area contributed by atoms with Gasteiger partial charge in [0.1, 0.15) is 17.3 Å². The molecule has 0 bridgehead atoms. The molecule has 0 amide bonds. The Hall–Kier alpha value is -2.11. The molecule has 1 heterocycles. The van der Waals surface area contributed by atoms with Crippen molar-refractivity contribution >= 4 is 0 Å². The molecule has 1 aromatic carbocycles. The van der Waals surface area contributed by atoms with Crippen LogP contribution in [0.1, 0.15) is 19.0 Å². The summed E-state index contributed by atoms with van der Waals surface area (Å²) < 4.78 is 56.9. The maximum absolute atomic E-state index is 13.4. The van der Waals surface area contributed by atoms with E-state index in [-0.39, 0.29) is 11.1 Å². The third-order valence-electron chi connectivity index (χ3n) is 2.76. The average molecular weight is 299 g/mol. The molecule has 0 N–H and O–H groups in total. The zero-order chi connectivity index (χ0) is 15.5. The Morgan fingerprint density at radius 2 is 1.90 bits per heavy atom. The molecular formula is C15H13F4NO. The molecule has 0 unspecified atom stereocenters. The highest BCUT2D eigenvalue weighted by Crippen LogP contribution is 2.34. The summed E-state index contributed by atoms with van der Waals surface area (Å²) in [4.78, 5) is 3.29. The van der Waals surface area contributed by atoms with Gasteiger partial charge in [-0.05, 0) is 42.3 Å². The molecule has 112 valence electrons. The van der Waals surface area contributed by atoms with Crippen molar-refractivity contribution in [3.8, 4) is 16.9 Å². The Bertz CT molecular complexity index is 625. The lowest BCUT2D eigenvalue weighted by Crippen LogP contribution is -2.07. The Balaban J connectivity index is 2.47. The zero-order valence-electron chi connectivity index (χ0n) is 11.2. The summed E-state index contributed by atoms with van der Waals surface area (Å²) in [5.41, 5.74) is -0.537. The van der Waals surface area contributed by atoms with Crippen LogP contribution < -0.4 is 4.74 Å². The van der Waals surface area contributed by atoms with Crippen molar-refractivity contribution in [1.82, 2.24) is 4.98 Å². The van der Waals surface area contributed by atoms with E-state index in [2.05, 4.69) is 4.98 Å². The number of rotatable bonds is 4. The van der Waals surface area contributed by atoms with Gasteiger partial charge in [-0.3, -0.25) is 4.98 Å². The van der Waals surface area contributed by atoms with E-state index < -0.39 is 17.7 Å². The molecule has 0 radical (unpaired) electrons. The average Bonchev–Trinajstić information content (AvgIpc) is 2.45. The number of aromatic nitrogens is 1. The molecule has 0 atom stereocenters. The lowest BCUT2D eigenvalue weighted by molar-refractivity contribution is -0.141. The largest absolute Gasteiger partial charge is 0.493 e. The highest BCUT2D eigenvalue weighted by Gasteiger charge is 2.32. The van der Waals surface area contributed by atoms with E-state index in [9.17, 15) is 17.6 Å². The Labute approximate surface area is 119 Å². The van der Waals surface area contributed by atoms with E-state index in [1.807, 2.05) is 6.92 Å². The van der Waals surface area contributed by atoms with Gasteiger partial charge in [-0.2, -0.15) is 13.2 Å². The Kier molecular flexibility index (Phi) is 4.45. The maximum Gasteiger partial charge on any atom is 0.433 e. The van der Waals surface area contributed by atoms with Crippen molar-refractivity contribution in [2.45, 2.75) is 19.5 Å². The van der Waals surface area contributed by atoms with Crippen molar-refractivity contribution in [3.05, 3.63) is 48.0 Å². The molecule has 1 aromatic heterocycles. The standard InChI is InChI=1S/C15H13F4NO/c1-2-7-21-13-4-3-11(16)9-12(13)10-5-6-20-14(8-10)15(17,18)19/h3-6,8-9H,2,7H2,1H3. The number of benzene rings is 1. The van der Waals surface area contributed by atoms with Crippen LogP contribution in [0.25, 0.3) is 11.1 Å². The molecule has 0 aliphatic heterocycles. The molecule has 0 spiro atoms. The summed E-state index contributed by atoms with van der Waals surface area (Å²) in [6.45, 7) is 2.30. The van der Waals surface area contributed by atoms with Gasteiger partial charge in [-0.15, -0.1) is 0 Å². The van der Waals surface area contributed by atoms with E-state index in [0.717, 1.165) is 24.8 Å². The first kappa shape index (κ1) is 15.3. The molecular weight excluding hydrogens is 286 g/mol. The third kappa shape index (κ3) is 3.71. The number of nitrogens with zero attached hydrogens (tertiary/aromatic N) is 1. The van der Waals surface area contributed by atoms with E-state index >= 15 is 0 Å². The van der Waals surface area contributed by atoms with Gasteiger partial charge in [-0.1, -0.05) is 6.92 Å². The van der Waals surface area contributed by atoms with Gasteiger partial charge < -0.3 is 4.74 Å². The highest BCUT2D eigenvalue weighted by molar-refractivity contribution is 5.70. The van der Waals surface area contributed by atoms with Crippen molar-refractivity contribution in [2.75, 3.05) is 6.61 Å². The first-order valence-corrected chi connectivity index (χ1v) is 6.38. The van der Waals surface area contributed by atoms with Crippen LogP contribution in [0.2, 0.25) is 0 Å². The fraction of sp³-hybridized carbons (Fsp3) is 0.267. The monoisotopic (exact) mass is 299 g/mol. The quantitative estimate of drug-likeness (QED) is 0.764. The van der Waals surface area contributed by atoms with Crippen LogP contribution in [-0.4, -0.2) is 11.6 Å². The van der Waals surface area contributed by atoms with Crippen molar-refractivity contribution in [1.29, 1.82) is 0 Å². The maximum atomic E-state index is 13.4. The number of halogens is 4. The van der Waals surface area contributed by atoms with Crippen molar-refractivity contribution in [3.63, 3.8) is 0 Å². The first-order valence-electron chi connectivity index (χ1n) is 6.38. The fourth-order valence-electron chi connectivity index (χ4n) is 1.82. The first-order chi connectivity index (χ1) is 9.91. The van der Waals surface area contributed by atoms with Crippen LogP contribution in [0.5, 0.6) is 5.75 Å². The molecule has 2 nitrogen and oxygen atoms in total. The number of hydrogen-bond acceptors (Lipinski definition) is 2. The molecule has 0 aliphatic carbocycles. The molecule has 21 heavy (non-hydrogen) atoms. The van der Waals surface area contributed by atoms with E-state index in [0.29, 0.717) is 12.4 Å². The van der Waals surface area contributed by atoms with Crippen LogP contribution >= 0.6 is 0 Å². The summed E-state index contributed by atoms with van der Waals surface area (Å²) in [6, 6.07) is 6.05. The summed E-state index contributed by atoms with van der Waals surface area (Å²) in [5, 5.41) is 0. The lowest BCUT2D eigenvalue weighted by Gasteiger charge is -2.12. The van der Waals surface area contributed by atoms with Crippen LogP contribution in [0.3, 0.4) is 0 Å². The Morgan fingerprint density at radius 1 is 1.14 bits per heavy atom. The summed E-state index contributed by atoms with van der Waals surface area (Å²) in [5.74, 6) is -0.197. The van der Waals surface area contributed by atoms with Crippen LogP contribution in [0.15, 0.2) is 36.5 Å². The van der Waals surface area contributed by atoms with Gasteiger partial charge in [0.25, 0.3) is 0 Å². The highest BCUT2D eigenvalue weighted by atomic mass is 19.4. The molecule has 0 fully saturated rings. The number of ether oxygens (including phenoxy) is 1. The van der Waals surface area contributed by atoms with Gasteiger partial charge in [-0.25, -0.2) is 4.39 Å². The molecule has 2 aromatic rings. The second-order valence-corrected chi connectivity index (χ2v) is 4.42. The topological polar surface area (TPSA) is 22.1 Å². The van der Waals surface area contributed by atoms with Crippen molar-refractivity contribution in [2.24, 2.45) is 0 Å². The van der Waals surface area contributed by atoms with E-state index in [1.54, 1.807) is 0 Å². The molecule has 0 aliphatic rings. The van der Waals surface area contributed by atoms with Gasteiger partial charge in [0.2, 0.25) is 0 Å². The van der Waals surface area contributed by atoms with Crippen LogP contribution in [0, 0.1) is 5.82 Å². The van der Waals surface area contributed by atoms with Gasteiger partial charge >= 0.3 is 6.18 Å². The molecule has 2 rings (SSSR count). The SMILES string of the molecule is CCCOc1ccc(F)cc1-c1ccnc(C(F)(F)F)c1. The predicted octanol–water partition coefficient (Wildman–Crippen LogP) is 4.70. The molecule has 0 saturated carbocycles. The van der Waals surface area contributed by atoms with Gasteiger partial charge in [0, 0.05) is 11.8 Å². The minimum Gasteiger partial charge on any atom is -0.493 e. The van der Waals surface area contributed by atoms with E-state index in [4.69, 9.17) is 4.74 Å². The summed E-state index contributed by atoms with van der Waals surface area (Å²) in [7, 11) is 0. The second-order valence-electron chi connectivity index (χ2n) is 4.42. The predicted molar refractivity (Wildman–Crippen MR) is 70.4 cm³/mol. The van der Waals surface area contributed by atoms with Gasteiger partial charge in [0.15, 0.2) is 0 Å². The number of hydrogen-bond donors (Lipinski definition) is 0. The summed E-state index contributed by atoms with van der Waals surface area (Å²) in [6.07, 6.45) is -2.76. The minimum atomic E-state index is -4.55. The van der Waals surface area contributed by atoms with Crippen molar-refractivity contribution < 1.29 is 22.3 Å². The zero-order valence-corrected chi connectivity index (χ0v) is 11.2. The normalized spacial score (nSPS) is 11.5. The van der Waals surface area contributed by atoms with Crippen LogP contribution in [-0.2, 0) is 6.18 Å². The molecule has 0 saturated heterocycles. The summed E-state index contributed by atoms with van der Waals surface area (Å²) >= 11 is 0. The second kappa shape index (κ2) is 6.11. The molecule has 6 heteroatoms. The van der Waals surface area contributed by atoms with E-state index in [1.165, 1.54) is 18.2 Å². The Morgan fingerprint density at radius 3 is 2.57 bits per heavy atom. The van der Waals surface area contributed by atoms with Gasteiger partial charge in [0.05, 0.1) is 6.61 Å². The van der Waals surface area contributed by atoms with Crippen LogP contribution in [0.4, 0.5) is 17.6 Å². The minimum absolute atomic E-state index is 0.211. The smallest absolute Gasteiger partial charge is 0.433 e. The fourth-order valence-corrected chi connectivity index (χ4v) is 1.82. The lowest BCUT2D eigenvalue weighted by atomic mass is 10.0. The number of alkyl halides is 3.